The molecule has 1 amide bonds. The first kappa shape index (κ1) is 15.0. The van der Waals surface area contributed by atoms with Gasteiger partial charge in [-0.25, -0.2) is 5.01 Å². The van der Waals surface area contributed by atoms with Crippen molar-refractivity contribution in [3.8, 4) is 0 Å². The zero-order valence-electron chi connectivity index (χ0n) is 12.0. The van der Waals surface area contributed by atoms with Gasteiger partial charge in [0.25, 0.3) is 0 Å². The molecule has 2 heterocycles. The van der Waals surface area contributed by atoms with Crippen LogP contribution in [0.2, 0.25) is 0 Å². The number of hydrogen-bond donors (Lipinski definition) is 0. The van der Waals surface area contributed by atoms with Gasteiger partial charge in [-0.3, -0.25) is 9.59 Å². The molecule has 2 fully saturated rings. The van der Waals surface area contributed by atoms with Crippen LogP contribution >= 0.6 is 0 Å². The smallest absolute Gasteiger partial charge is 0.311 e. The Morgan fingerprint density at radius 1 is 1.45 bits per heavy atom. The van der Waals surface area contributed by atoms with Crippen LogP contribution in [0.25, 0.3) is 0 Å². The summed E-state index contributed by atoms with van der Waals surface area (Å²) in [4.78, 5) is 23.4. The lowest BCUT2D eigenvalue weighted by Crippen LogP contribution is -2.30. The maximum Gasteiger partial charge on any atom is 0.311 e. The van der Waals surface area contributed by atoms with Crippen LogP contribution < -0.4 is 0 Å². The maximum absolute atomic E-state index is 11.7. The van der Waals surface area contributed by atoms with Gasteiger partial charge in [0.05, 0.1) is 18.7 Å². The summed E-state index contributed by atoms with van der Waals surface area (Å²) in [6.45, 7) is 4.16. The molecule has 2 aliphatic heterocycles. The molecule has 0 atom stereocenters. The van der Waals surface area contributed by atoms with Crippen molar-refractivity contribution in [2.75, 3.05) is 26.4 Å². The maximum atomic E-state index is 11.7. The van der Waals surface area contributed by atoms with E-state index in [9.17, 15) is 9.59 Å². The van der Waals surface area contributed by atoms with Gasteiger partial charge in [-0.15, -0.1) is 0 Å². The average Bonchev–Trinajstić information content (AvgIpc) is 2.85. The van der Waals surface area contributed by atoms with Crippen molar-refractivity contribution < 1.29 is 19.1 Å². The molecule has 0 aromatic carbocycles. The molecule has 2 rings (SSSR count). The number of hydrazone groups is 1. The largest absolute Gasteiger partial charge is 0.466 e. The second kappa shape index (κ2) is 7.38. The van der Waals surface area contributed by atoms with E-state index in [4.69, 9.17) is 9.47 Å². The number of amides is 1. The second-order valence-corrected chi connectivity index (χ2v) is 5.08. The Balaban J connectivity index is 2.07. The van der Waals surface area contributed by atoms with Crippen LogP contribution in [0.4, 0.5) is 0 Å². The molecule has 0 aromatic heterocycles. The highest BCUT2D eigenvalue weighted by Crippen LogP contribution is 2.21. The van der Waals surface area contributed by atoms with Crippen molar-refractivity contribution in [1.29, 1.82) is 0 Å². The van der Waals surface area contributed by atoms with Crippen molar-refractivity contribution in [2.24, 2.45) is 11.0 Å². The first-order valence-corrected chi connectivity index (χ1v) is 7.31. The standard InChI is InChI=1S/C14H22N2O4/c1-2-20-14(18)10-12(11-5-8-19-9-6-11)15-16-7-3-4-13(16)17/h11H,2-10H2,1H3/b15-12-. The summed E-state index contributed by atoms with van der Waals surface area (Å²) in [5, 5.41) is 5.95. The van der Waals surface area contributed by atoms with Gasteiger partial charge < -0.3 is 9.47 Å². The van der Waals surface area contributed by atoms with Crippen molar-refractivity contribution in [3.63, 3.8) is 0 Å². The Bertz CT molecular complexity index is 389. The summed E-state index contributed by atoms with van der Waals surface area (Å²) in [7, 11) is 0. The third kappa shape index (κ3) is 4.03. The van der Waals surface area contributed by atoms with Gasteiger partial charge >= 0.3 is 5.97 Å². The van der Waals surface area contributed by atoms with Crippen molar-refractivity contribution >= 4 is 17.6 Å². The Kier molecular flexibility index (Phi) is 5.52. The number of esters is 1. The fourth-order valence-corrected chi connectivity index (χ4v) is 2.55. The SMILES string of the molecule is CCOC(=O)C/C(=N/N1CCCC1=O)C1CCOCC1. The molecule has 0 N–H and O–H groups in total. The Labute approximate surface area is 119 Å². The lowest BCUT2D eigenvalue weighted by molar-refractivity contribution is -0.141. The zero-order valence-corrected chi connectivity index (χ0v) is 12.0. The fraction of sp³-hybridized carbons (Fsp3) is 0.786. The molecule has 6 nitrogen and oxygen atoms in total. The first-order chi connectivity index (χ1) is 9.70. The lowest BCUT2D eigenvalue weighted by Gasteiger charge is -2.24. The number of nitrogens with zero attached hydrogens (tertiary/aromatic N) is 2. The highest BCUT2D eigenvalue weighted by Gasteiger charge is 2.26. The van der Waals surface area contributed by atoms with Gasteiger partial charge in [-0.05, 0) is 26.2 Å². The summed E-state index contributed by atoms with van der Waals surface area (Å²) in [6.07, 6.45) is 3.25. The molecule has 6 heteroatoms. The predicted octanol–water partition coefficient (Wildman–Crippen LogP) is 1.34. The van der Waals surface area contributed by atoms with Crippen LogP contribution in [0.15, 0.2) is 5.10 Å². The third-order valence-electron chi connectivity index (χ3n) is 3.62. The highest BCUT2D eigenvalue weighted by molar-refractivity contribution is 6.00. The number of hydrogen-bond acceptors (Lipinski definition) is 5. The van der Waals surface area contributed by atoms with E-state index >= 15 is 0 Å². The summed E-state index contributed by atoms with van der Waals surface area (Å²) in [5.74, 6) is -0.0237. The molecule has 2 aliphatic rings. The monoisotopic (exact) mass is 282 g/mol. The molecule has 0 spiro atoms. The molecule has 2 saturated heterocycles. The van der Waals surface area contributed by atoms with Crippen LogP contribution in [0.3, 0.4) is 0 Å². The van der Waals surface area contributed by atoms with Gasteiger partial charge in [-0.2, -0.15) is 5.10 Å². The van der Waals surface area contributed by atoms with Crippen LogP contribution in [0, 0.1) is 5.92 Å². The summed E-state index contributed by atoms with van der Waals surface area (Å²) in [6, 6.07) is 0. The highest BCUT2D eigenvalue weighted by atomic mass is 16.5. The third-order valence-corrected chi connectivity index (χ3v) is 3.62. The van der Waals surface area contributed by atoms with E-state index in [0.29, 0.717) is 32.8 Å². The lowest BCUT2D eigenvalue weighted by atomic mass is 9.93. The molecule has 0 aliphatic carbocycles. The normalized spacial score (nSPS) is 21.4. The van der Waals surface area contributed by atoms with Crippen molar-refractivity contribution in [1.82, 2.24) is 5.01 Å². The molecular formula is C14H22N2O4. The number of rotatable bonds is 5. The molecule has 0 saturated carbocycles. The van der Waals surface area contributed by atoms with E-state index in [1.165, 1.54) is 5.01 Å². The summed E-state index contributed by atoms with van der Waals surface area (Å²) >= 11 is 0. The fourth-order valence-electron chi connectivity index (χ4n) is 2.55. The minimum absolute atomic E-state index is 0.0402. The van der Waals surface area contributed by atoms with E-state index in [1.54, 1.807) is 6.92 Å². The van der Waals surface area contributed by atoms with E-state index < -0.39 is 0 Å². The average molecular weight is 282 g/mol. The van der Waals surface area contributed by atoms with E-state index in [-0.39, 0.29) is 24.2 Å². The summed E-state index contributed by atoms with van der Waals surface area (Å²) in [5.41, 5.74) is 0.766. The minimum Gasteiger partial charge on any atom is -0.466 e. The van der Waals surface area contributed by atoms with E-state index in [2.05, 4.69) is 5.10 Å². The summed E-state index contributed by atoms with van der Waals surface area (Å²) < 4.78 is 10.3. The first-order valence-electron chi connectivity index (χ1n) is 7.31. The topological polar surface area (TPSA) is 68.2 Å². The van der Waals surface area contributed by atoms with Gasteiger partial charge in [0, 0.05) is 32.1 Å². The van der Waals surface area contributed by atoms with Crippen LogP contribution in [0.5, 0.6) is 0 Å². The van der Waals surface area contributed by atoms with Crippen LogP contribution in [-0.2, 0) is 19.1 Å². The molecule has 0 bridgehead atoms. The van der Waals surface area contributed by atoms with Gasteiger partial charge in [-0.1, -0.05) is 0 Å². The molecule has 0 aromatic rings. The quantitative estimate of drug-likeness (QED) is 0.564. The predicted molar refractivity (Wildman–Crippen MR) is 73.2 cm³/mol. The van der Waals surface area contributed by atoms with Gasteiger partial charge in [0.1, 0.15) is 0 Å². The molecule has 0 unspecified atom stereocenters. The molecular weight excluding hydrogens is 260 g/mol. The Morgan fingerprint density at radius 2 is 2.20 bits per heavy atom. The number of carbonyl (C=O) groups excluding carboxylic acids is 2. The van der Waals surface area contributed by atoms with Gasteiger partial charge in [0.15, 0.2) is 0 Å². The van der Waals surface area contributed by atoms with Crippen molar-refractivity contribution in [3.05, 3.63) is 0 Å². The Hall–Kier alpha value is -1.43. The minimum atomic E-state index is -0.274. The number of ether oxygens (including phenoxy) is 2. The number of carbonyl (C=O) groups is 2. The zero-order chi connectivity index (χ0) is 14.4. The Morgan fingerprint density at radius 3 is 2.80 bits per heavy atom. The van der Waals surface area contributed by atoms with Crippen molar-refractivity contribution in [2.45, 2.75) is 39.0 Å². The molecule has 112 valence electrons. The van der Waals surface area contributed by atoms with E-state index in [1.807, 2.05) is 0 Å². The van der Waals surface area contributed by atoms with Crippen LogP contribution in [-0.4, -0.2) is 49.0 Å². The molecule has 0 radical (unpaired) electrons. The second-order valence-electron chi connectivity index (χ2n) is 5.08. The molecule has 20 heavy (non-hydrogen) atoms. The van der Waals surface area contributed by atoms with Gasteiger partial charge in [0.2, 0.25) is 5.91 Å². The van der Waals surface area contributed by atoms with E-state index in [0.717, 1.165) is 25.0 Å². The van der Waals surface area contributed by atoms with Crippen LogP contribution in [0.1, 0.15) is 39.0 Å².